The molecule has 2 unspecified atom stereocenters. The maximum absolute atomic E-state index is 4.75. The van der Waals surface area contributed by atoms with Gasteiger partial charge in [0.2, 0.25) is 5.13 Å². The maximum atomic E-state index is 4.75. The highest BCUT2D eigenvalue weighted by molar-refractivity contribution is 7.99. The van der Waals surface area contributed by atoms with Crippen molar-refractivity contribution in [3.8, 4) is 0 Å². The summed E-state index contributed by atoms with van der Waals surface area (Å²) >= 11 is 3.54. The van der Waals surface area contributed by atoms with E-state index in [0.29, 0.717) is 12.0 Å². The first-order valence-electron chi connectivity index (χ1n) is 10.2. The second-order valence-electron chi connectivity index (χ2n) is 7.97. The highest BCUT2D eigenvalue weighted by atomic mass is 32.2. The van der Waals surface area contributed by atoms with Crippen LogP contribution in [-0.4, -0.2) is 43.7 Å². The molecular weight excluding hydrogens is 400 g/mol. The van der Waals surface area contributed by atoms with Crippen molar-refractivity contribution in [2.75, 3.05) is 24.2 Å². The van der Waals surface area contributed by atoms with Gasteiger partial charge in [0.15, 0.2) is 5.82 Å². The van der Waals surface area contributed by atoms with E-state index in [1.807, 2.05) is 18.7 Å². The fourth-order valence-electron chi connectivity index (χ4n) is 4.21. The van der Waals surface area contributed by atoms with Crippen LogP contribution < -0.4 is 5.32 Å². The number of thioether (sulfide) groups is 1. The van der Waals surface area contributed by atoms with Crippen molar-refractivity contribution >= 4 is 34.0 Å². The van der Waals surface area contributed by atoms with Gasteiger partial charge in [-0.2, -0.15) is 5.10 Å². The van der Waals surface area contributed by atoms with E-state index in [4.69, 9.17) is 5.10 Å². The lowest BCUT2D eigenvalue weighted by molar-refractivity contribution is 0.213. The number of benzene rings is 1. The Bertz CT molecular complexity index is 1000. The summed E-state index contributed by atoms with van der Waals surface area (Å²) < 4.78 is 2.14. The lowest BCUT2D eigenvalue weighted by Crippen LogP contribution is -2.30. The van der Waals surface area contributed by atoms with Crippen LogP contribution in [0.1, 0.15) is 47.6 Å². The summed E-state index contributed by atoms with van der Waals surface area (Å²) in [6.45, 7) is 9.61. The molecule has 3 aromatic rings. The first kappa shape index (κ1) is 19.1. The van der Waals surface area contributed by atoms with Crippen LogP contribution in [0.5, 0.6) is 0 Å². The fraction of sp³-hybridized carbons (Fsp3) is 0.476. The van der Waals surface area contributed by atoms with Gasteiger partial charge in [0.05, 0.1) is 6.54 Å². The average molecular weight is 427 g/mol. The summed E-state index contributed by atoms with van der Waals surface area (Å²) in [6, 6.07) is 9.67. The van der Waals surface area contributed by atoms with E-state index in [0.717, 1.165) is 42.0 Å². The first-order chi connectivity index (χ1) is 14.1. The molecule has 29 heavy (non-hydrogen) atoms. The van der Waals surface area contributed by atoms with Crippen LogP contribution in [-0.2, 0) is 13.0 Å². The Morgan fingerprint density at radius 2 is 2.07 bits per heavy atom. The number of anilines is 2. The van der Waals surface area contributed by atoms with Crippen LogP contribution in [0.25, 0.3) is 0 Å². The minimum absolute atomic E-state index is 0.421. The van der Waals surface area contributed by atoms with E-state index in [1.54, 1.807) is 11.3 Å². The van der Waals surface area contributed by atoms with Crippen LogP contribution in [0.4, 0.5) is 10.9 Å². The summed E-state index contributed by atoms with van der Waals surface area (Å²) in [6.07, 6.45) is 1.01. The van der Waals surface area contributed by atoms with E-state index in [9.17, 15) is 0 Å². The topological polar surface area (TPSA) is 58.9 Å². The summed E-state index contributed by atoms with van der Waals surface area (Å²) in [5.74, 6) is 2.74. The smallest absolute Gasteiger partial charge is 0.211 e. The van der Waals surface area contributed by atoms with Crippen molar-refractivity contribution in [3.63, 3.8) is 0 Å². The molecule has 2 atom stereocenters. The molecule has 0 amide bonds. The van der Waals surface area contributed by atoms with Crippen molar-refractivity contribution in [1.82, 2.24) is 24.9 Å². The fourth-order valence-corrected chi connectivity index (χ4v) is 6.01. The Morgan fingerprint density at radius 3 is 2.90 bits per heavy atom. The molecule has 2 aliphatic rings. The molecule has 0 saturated heterocycles. The molecule has 0 fully saturated rings. The van der Waals surface area contributed by atoms with Gasteiger partial charge < -0.3 is 5.32 Å². The van der Waals surface area contributed by atoms with E-state index in [2.05, 4.69) is 63.2 Å². The van der Waals surface area contributed by atoms with Gasteiger partial charge in [-0.05, 0) is 37.0 Å². The molecule has 2 aliphatic heterocycles. The highest BCUT2D eigenvalue weighted by Gasteiger charge is 2.24. The van der Waals surface area contributed by atoms with Crippen molar-refractivity contribution in [2.24, 2.45) is 0 Å². The van der Waals surface area contributed by atoms with Crippen LogP contribution in [0.15, 0.2) is 29.2 Å². The molecule has 0 saturated carbocycles. The molecule has 1 aromatic carbocycles. The van der Waals surface area contributed by atoms with Gasteiger partial charge in [0.1, 0.15) is 5.01 Å². The maximum Gasteiger partial charge on any atom is 0.211 e. The molecule has 4 heterocycles. The Morgan fingerprint density at radius 1 is 1.17 bits per heavy atom. The third-order valence-corrected chi connectivity index (χ3v) is 8.07. The lowest BCUT2D eigenvalue weighted by atomic mass is 9.97. The molecule has 5 rings (SSSR count). The molecule has 0 spiro atoms. The van der Waals surface area contributed by atoms with Gasteiger partial charge in [-0.1, -0.05) is 30.4 Å². The van der Waals surface area contributed by atoms with Gasteiger partial charge in [0.25, 0.3) is 0 Å². The van der Waals surface area contributed by atoms with Gasteiger partial charge in [0, 0.05) is 48.0 Å². The normalized spacial score (nSPS) is 20.2. The Balaban J connectivity index is 1.27. The third-order valence-electron chi connectivity index (χ3n) is 5.96. The van der Waals surface area contributed by atoms with Gasteiger partial charge in [-0.15, -0.1) is 22.0 Å². The number of aryl methyl sites for hydroxylation is 1. The van der Waals surface area contributed by atoms with Crippen LogP contribution in [0.2, 0.25) is 0 Å². The number of hydrogen-bond acceptors (Lipinski definition) is 7. The Labute approximate surface area is 179 Å². The molecule has 2 aromatic heterocycles. The predicted molar refractivity (Wildman–Crippen MR) is 119 cm³/mol. The number of aromatic nitrogens is 4. The lowest BCUT2D eigenvalue weighted by Gasteiger charge is -2.28. The Kier molecular flexibility index (Phi) is 5.09. The van der Waals surface area contributed by atoms with Gasteiger partial charge in [-0.25, -0.2) is 0 Å². The summed E-state index contributed by atoms with van der Waals surface area (Å²) in [5.41, 5.74) is 4.25. The Hall–Kier alpha value is -1.90. The molecule has 0 aliphatic carbocycles. The SMILES string of the molecule is Cc1nnc(Nc2cc3n(n2)CCN(C(C)c2ccc4c(c2)C(C)CS4)CC3)s1. The molecule has 8 heteroatoms. The largest absolute Gasteiger partial charge is 0.313 e. The van der Waals surface area contributed by atoms with Gasteiger partial charge in [-0.3, -0.25) is 9.58 Å². The van der Waals surface area contributed by atoms with Crippen molar-refractivity contribution < 1.29 is 0 Å². The number of hydrogen-bond donors (Lipinski definition) is 1. The minimum atomic E-state index is 0.421. The first-order valence-corrected chi connectivity index (χ1v) is 12.0. The summed E-state index contributed by atoms with van der Waals surface area (Å²) in [5, 5.41) is 18.0. The number of fused-ring (bicyclic) bond motifs is 2. The summed E-state index contributed by atoms with van der Waals surface area (Å²) in [7, 11) is 0. The summed E-state index contributed by atoms with van der Waals surface area (Å²) in [4.78, 5) is 4.06. The zero-order chi connectivity index (χ0) is 20.0. The van der Waals surface area contributed by atoms with E-state index in [1.165, 1.54) is 27.5 Å². The zero-order valence-corrected chi connectivity index (χ0v) is 18.7. The molecular formula is C21H26N6S2. The van der Waals surface area contributed by atoms with Crippen molar-refractivity contribution in [2.45, 2.75) is 50.6 Å². The highest BCUT2D eigenvalue weighted by Crippen LogP contribution is 2.40. The number of rotatable bonds is 4. The molecule has 0 radical (unpaired) electrons. The van der Waals surface area contributed by atoms with Crippen molar-refractivity contribution in [1.29, 1.82) is 0 Å². The van der Waals surface area contributed by atoms with Crippen LogP contribution in [0, 0.1) is 6.92 Å². The molecule has 6 nitrogen and oxygen atoms in total. The van der Waals surface area contributed by atoms with E-state index in [-0.39, 0.29) is 0 Å². The monoisotopic (exact) mass is 426 g/mol. The van der Waals surface area contributed by atoms with E-state index < -0.39 is 0 Å². The zero-order valence-electron chi connectivity index (χ0n) is 17.1. The average Bonchev–Trinajstić information content (AvgIpc) is 3.37. The van der Waals surface area contributed by atoms with Crippen LogP contribution >= 0.6 is 23.1 Å². The van der Waals surface area contributed by atoms with Crippen molar-refractivity contribution in [3.05, 3.63) is 46.1 Å². The molecule has 1 N–H and O–H groups in total. The second-order valence-corrected chi connectivity index (χ2v) is 10.2. The van der Waals surface area contributed by atoms with E-state index >= 15 is 0 Å². The predicted octanol–water partition coefficient (Wildman–Crippen LogP) is 4.62. The molecule has 0 bridgehead atoms. The molecule has 152 valence electrons. The van der Waals surface area contributed by atoms with Crippen LogP contribution in [0.3, 0.4) is 0 Å². The second kappa shape index (κ2) is 7.74. The van der Waals surface area contributed by atoms with Gasteiger partial charge >= 0.3 is 0 Å². The quantitative estimate of drug-likeness (QED) is 0.657. The minimum Gasteiger partial charge on any atom is -0.313 e. The standard InChI is InChI=1S/C21H26N6S2/c1-13-12-28-19-5-4-16(10-18(13)19)14(2)26-7-6-17-11-20(25-27(17)9-8-26)22-21-24-23-15(3)29-21/h4-5,10-11,13-14H,6-9,12H2,1-3H3,(H,22,24,25). The number of nitrogens with zero attached hydrogens (tertiary/aromatic N) is 5. The third kappa shape index (κ3) is 3.81. The number of nitrogens with one attached hydrogen (secondary N) is 1.